The molecule has 12 heteroatoms. The molecule has 1 amide bonds. The third-order valence-corrected chi connectivity index (χ3v) is 8.24. The fourth-order valence-corrected chi connectivity index (χ4v) is 5.59. The van der Waals surface area contributed by atoms with Crippen molar-refractivity contribution in [2.45, 2.75) is 11.3 Å². The van der Waals surface area contributed by atoms with Crippen LogP contribution >= 0.6 is 34.8 Å². The molecule has 0 aliphatic carbocycles. The Kier molecular flexibility index (Phi) is 8.18. The van der Waals surface area contributed by atoms with Gasteiger partial charge in [0, 0.05) is 35.4 Å². The number of pyridine rings is 1. The molecule has 0 radical (unpaired) electrons. The molecule has 0 spiro atoms. The molecule has 0 atom stereocenters. The Morgan fingerprint density at radius 3 is 2.60 bits per heavy atom. The Morgan fingerprint density at radius 2 is 1.77 bits per heavy atom. The number of sulfonamides is 1. The van der Waals surface area contributed by atoms with E-state index in [0.29, 0.717) is 18.5 Å². The lowest BCUT2D eigenvalue weighted by Gasteiger charge is -2.14. The maximum atomic E-state index is 13.0. The van der Waals surface area contributed by atoms with E-state index in [4.69, 9.17) is 39.5 Å². The van der Waals surface area contributed by atoms with Crippen LogP contribution in [0.5, 0.6) is 11.6 Å². The van der Waals surface area contributed by atoms with Crippen molar-refractivity contribution in [3.63, 3.8) is 0 Å². The molecule has 0 saturated carbocycles. The molecule has 0 fully saturated rings. The second kappa shape index (κ2) is 11.8. The van der Waals surface area contributed by atoms with Crippen molar-refractivity contribution in [1.82, 2.24) is 15.3 Å². The summed E-state index contributed by atoms with van der Waals surface area (Å²) in [6.45, 7) is 0.436. The fraction of sp³-hybridized carbons (Fsp3) is 0.0714. The monoisotopic (exact) mass is 614 g/mol. The largest absolute Gasteiger partial charge is 0.437 e. The molecule has 2 heterocycles. The minimum Gasteiger partial charge on any atom is -0.437 e. The molecule has 5 aromatic rings. The average molecular weight is 616 g/mol. The second-order valence-corrected chi connectivity index (χ2v) is 11.6. The number of carbonyl (C=O) groups is 1. The predicted octanol–water partition coefficient (Wildman–Crippen LogP) is 7.09. The summed E-state index contributed by atoms with van der Waals surface area (Å²) in [7, 11) is -4.09. The number of fused-ring (bicyclic) bond motifs is 1. The van der Waals surface area contributed by atoms with Gasteiger partial charge in [0.15, 0.2) is 0 Å². The summed E-state index contributed by atoms with van der Waals surface area (Å²) in [5.41, 5.74) is 2.51. The van der Waals surface area contributed by atoms with E-state index < -0.39 is 10.0 Å². The summed E-state index contributed by atoms with van der Waals surface area (Å²) in [4.78, 5) is 20.1. The molecule has 40 heavy (non-hydrogen) atoms. The molecule has 0 aliphatic heterocycles. The lowest BCUT2D eigenvalue weighted by Crippen LogP contribution is -2.25. The van der Waals surface area contributed by atoms with E-state index in [0.717, 1.165) is 16.5 Å². The number of benzene rings is 3. The minimum atomic E-state index is -4.09. The highest BCUT2D eigenvalue weighted by molar-refractivity contribution is 7.92. The number of carbonyl (C=O) groups excluding carboxylic acids is 1. The Morgan fingerprint density at radius 1 is 0.950 bits per heavy atom. The first-order chi connectivity index (χ1) is 19.2. The van der Waals surface area contributed by atoms with Gasteiger partial charge in [-0.15, -0.1) is 0 Å². The number of anilines is 1. The van der Waals surface area contributed by atoms with E-state index in [1.807, 2.05) is 30.5 Å². The zero-order valence-electron chi connectivity index (χ0n) is 20.6. The normalized spacial score (nSPS) is 11.4. The summed E-state index contributed by atoms with van der Waals surface area (Å²) in [6.07, 6.45) is 3.91. The zero-order chi connectivity index (χ0) is 28.3. The number of H-pyrrole nitrogens is 1. The number of amides is 1. The van der Waals surface area contributed by atoms with Gasteiger partial charge in [-0.1, -0.05) is 59.1 Å². The first-order valence-corrected chi connectivity index (χ1v) is 14.6. The molecule has 0 aliphatic rings. The van der Waals surface area contributed by atoms with Crippen molar-refractivity contribution < 1.29 is 17.9 Å². The summed E-state index contributed by atoms with van der Waals surface area (Å²) in [6, 6.07) is 19.7. The van der Waals surface area contributed by atoms with Crippen LogP contribution in [0.15, 0.2) is 90.1 Å². The molecule has 8 nitrogen and oxygen atoms in total. The number of hydrogen-bond donors (Lipinski definition) is 3. The van der Waals surface area contributed by atoms with Gasteiger partial charge in [-0.3, -0.25) is 9.52 Å². The van der Waals surface area contributed by atoms with Crippen LogP contribution in [0.3, 0.4) is 0 Å². The Hall–Kier alpha value is -3.76. The molecule has 5 rings (SSSR count). The molecule has 0 saturated heterocycles. The van der Waals surface area contributed by atoms with Crippen LogP contribution in [0.25, 0.3) is 10.9 Å². The first-order valence-electron chi connectivity index (χ1n) is 11.9. The molecule has 0 unspecified atom stereocenters. The van der Waals surface area contributed by atoms with Crippen LogP contribution in [-0.2, 0) is 16.4 Å². The Labute approximate surface area is 245 Å². The van der Waals surface area contributed by atoms with E-state index >= 15 is 0 Å². The maximum Gasteiger partial charge on any atom is 0.262 e. The highest BCUT2D eigenvalue weighted by atomic mass is 35.5. The average Bonchev–Trinajstić information content (AvgIpc) is 3.34. The smallest absolute Gasteiger partial charge is 0.262 e. The van der Waals surface area contributed by atoms with Crippen molar-refractivity contribution in [2.75, 3.05) is 11.3 Å². The summed E-state index contributed by atoms with van der Waals surface area (Å²) < 4.78 is 34.3. The quantitative estimate of drug-likeness (QED) is 0.164. The Bertz CT molecular complexity index is 1830. The number of hydrogen-bond acceptors (Lipinski definition) is 5. The van der Waals surface area contributed by atoms with Crippen LogP contribution in [0.2, 0.25) is 15.1 Å². The van der Waals surface area contributed by atoms with E-state index in [1.165, 1.54) is 36.5 Å². The van der Waals surface area contributed by atoms with E-state index in [9.17, 15) is 13.2 Å². The van der Waals surface area contributed by atoms with Crippen molar-refractivity contribution in [1.29, 1.82) is 0 Å². The molecule has 2 aromatic heterocycles. The summed E-state index contributed by atoms with van der Waals surface area (Å²) in [5, 5.41) is 4.52. The lowest BCUT2D eigenvalue weighted by molar-refractivity contribution is 0.0954. The molecule has 0 bridgehead atoms. The van der Waals surface area contributed by atoms with Crippen LogP contribution < -0.4 is 14.8 Å². The third-order valence-electron chi connectivity index (χ3n) is 5.93. The van der Waals surface area contributed by atoms with Gasteiger partial charge in [0.1, 0.15) is 11.4 Å². The molecule has 3 aromatic carbocycles. The van der Waals surface area contributed by atoms with Gasteiger partial charge in [0.05, 0.1) is 20.0 Å². The van der Waals surface area contributed by atoms with Crippen LogP contribution in [0, 0.1) is 0 Å². The van der Waals surface area contributed by atoms with Crippen LogP contribution in [0.1, 0.15) is 15.9 Å². The summed E-state index contributed by atoms with van der Waals surface area (Å²) >= 11 is 18.0. The van der Waals surface area contributed by atoms with Crippen LogP contribution in [0.4, 0.5) is 5.69 Å². The van der Waals surface area contributed by atoms with E-state index in [2.05, 4.69) is 20.0 Å². The number of nitrogens with zero attached hydrogens (tertiary/aromatic N) is 1. The second-order valence-electron chi connectivity index (χ2n) is 8.68. The van der Waals surface area contributed by atoms with Crippen molar-refractivity contribution in [3.8, 4) is 11.6 Å². The fourth-order valence-electron chi connectivity index (χ4n) is 3.99. The zero-order valence-corrected chi connectivity index (χ0v) is 23.7. The lowest BCUT2D eigenvalue weighted by atomic mass is 10.1. The topological polar surface area (TPSA) is 113 Å². The van der Waals surface area contributed by atoms with Gasteiger partial charge in [-0.05, 0) is 60.5 Å². The van der Waals surface area contributed by atoms with Crippen molar-refractivity contribution in [2.24, 2.45) is 0 Å². The van der Waals surface area contributed by atoms with Gasteiger partial charge in [0.2, 0.25) is 5.88 Å². The van der Waals surface area contributed by atoms with Gasteiger partial charge >= 0.3 is 0 Å². The number of halogens is 3. The van der Waals surface area contributed by atoms with Crippen molar-refractivity contribution in [3.05, 3.63) is 111 Å². The van der Waals surface area contributed by atoms with Gasteiger partial charge in [-0.25, -0.2) is 13.4 Å². The SMILES string of the molecule is O=C(NCCc1c[nH]c2ccccc12)c1cccc(Oc2ncc(Cl)cc2NS(=O)(=O)c2ccc(Cl)c(Cl)c2)c1. The number of rotatable bonds is 9. The third kappa shape index (κ3) is 6.34. The number of aromatic amines is 1. The first kappa shape index (κ1) is 27.8. The van der Waals surface area contributed by atoms with Gasteiger partial charge in [-0.2, -0.15) is 0 Å². The molecular formula is C28H21Cl3N4O4S. The van der Waals surface area contributed by atoms with E-state index in [1.54, 1.807) is 18.2 Å². The molecule has 204 valence electrons. The van der Waals surface area contributed by atoms with Crippen molar-refractivity contribution >= 4 is 67.3 Å². The number of para-hydroxylation sites is 1. The molecular weight excluding hydrogens is 595 g/mol. The maximum absolute atomic E-state index is 13.0. The number of aromatic nitrogens is 2. The predicted molar refractivity (Wildman–Crippen MR) is 157 cm³/mol. The van der Waals surface area contributed by atoms with Gasteiger partial charge in [0.25, 0.3) is 15.9 Å². The number of nitrogens with one attached hydrogen (secondary N) is 3. The van der Waals surface area contributed by atoms with Crippen LogP contribution in [-0.4, -0.2) is 30.8 Å². The Balaban J connectivity index is 1.29. The highest BCUT2D eigenvalue weighted by Crippen LogP contribution is 2.33. The summed E-state index contributed by atoms with van der Waals surface area (Å²) in [5.74, 6) is -0.0751. The minimum absolute atomic E-state index is 0.00726. The molecule has 3 N–H and O–H groups in total. The highest BCUT2D eigenvalue weighted by Gasteiger charge is 2.20. The number of ether oxygens (including phenoxy) is 1. The van der Waals surface area contributed by atoms with E-state index in [-0.39, 0.29) is 43.2 Å². The van der Waals surface area contributed by atoms with Gasteiger partial charge < -0.3 is 15.0 Å². The standard InChI is InChI=1S/C28H21Cl3N4O4S/c29-19-13-26(35-40(37,38)21-8-9-23(30)24(31)14-21)28(34-16-19)39-20-5-3-4-17(12-20)27(36)32-11-10-18-15-33-25-7-2-1-6-22(18)25/h1-9,12-16,33,35H,10-11H2,(H,32,36).